The van der Waals surface area contributed by atoms with Gasteiger partial charge in [-0.1, -0.05) is 0 Å². The molecule has 1 aliphatic carbocycles. The molecule has 2 nitrogen and oxygen atoms in total. The van der Waals surface area contributed by atoms with E-state index >= 15 is 0 Å². The van der Waals surface area contributed by atoms with Gasteiger partial charge in [0.25, 0.3) is 0 Å². The van der Waals surface area contributed by atoms with E-state index in [0.29, 0.717) is 6.04 Å². The number of rotatable bonds is 7. The number of nitrogens with zero attached hydrogens (tertiary/aromatic N) is 1. The third-order valence-electron chi connectivity index (χ3n) is 3.80. The highest BCUT2D eigenvalue weighted by molar-refractivity contribution is 7.98. The molecule has 0 heterocycles. The van der Waals surface area contributed by atoms with E-state index in [1.165, 1.54) is 37.9 Å². The standard InChI is InChI=1S/C12H26N2S/c1-11(5-10-15-3)14(2)9-8-12(13)6-4-7-12/h11H,4-10,13H2,1-3H3. The first kappa shape index (κ1) is 13.3. The van der Waals surface area contributed by atoms with E-state index in [-0.39, 0.29) is 5.54 Å². The van der Waals surface area contributed by atoms with E-state index in [9.17, 15) is 0 Å². The maximum Gasteiger partial charge on any atom is 0.0166 e. The maximum atomic E-state index is 6.22. The molecule has 15 heavy (non-hydrogen) atoms. The molecule has 0 aliphatic heterocycles. The summed E-state index contributed by atoms with van der Waals surface area (Å²) in [6.07, 6.45) is 8.45. The molecule has 0 amide bonds. The van der Waals surface area contributed by atoms with Gasteiger partial charge in [-0.25, -0.2) is 0 Å². The summed E-state index contributed by atoms with van der Waals surface area (Å²) in [6, 6.07) is 0.695. The molecule has 0 radical (unpaired) electrons. The van der Waals surface area contributed by atoms with Gasteiger partial charge in [-0.3, -0.25) is 0 Å². The van der Waals surface area contributed by atoms with Gasteiger partial charge in [-0.05, 0) is 64.6 Å². The number of hydrogen-bond donors (Lipinski definition) is 1. The summed E-state index contributed by atoms with van der Waals surface area (Å²) in [5.41, 5.74) is 6.41. The van der Waals surface area contributed by atoms with Crippen molar-refractivity contribution >= 4 is 11.8 Å². The van der Waals surface area contributed by atoms with Crippen molar-refractivity contribution in [2.75, 3.05) is 25.6 Å². The van der Waals surface area contributed by atoms with Gasteiger partial charge in [0.05, 0.1) is 0 Å². The Bertz CT molecular complexity index is 180. The summed E-state index contributed by atoms with van der Waals surface area (Å²) >= 11 is 1.94. The quantitative estimate of drug-likeness (QED) is 0.728. The fourth-order valence-corrected chi connectivity index (χ4v) is 2.59. The maximum absolute atomic E-state index is 6.22. The summed E-state index contributed by atoms with van der Waals surface area (Å²) < 4.78 is 0. The van der Waals surface area contributed by atoms with Crippen LogP contribution in [0.5, 0.6) is 0 Å². The largest absolute Gasteiger partial charge is 0.325 e. The Balaban J connectivity index is 2.13. The molecule has 0 aromatic carbocycles. The van der Waals surface area contributed by atoms with Gasteiger partial charge in [-0.2, -0.15) is 11.8 Å². The van der Waals surface area contributed by atoms with Crippen LogP contribution in [0, 0.1) is 0 Å². The van der Waals surface area contributed by atoms with E-state index < -0.39 is 0 Å². The fourth-order valence-electron chi connectivity index (χ4n) is 2.01. The van der Waals surface area contributed by atoms with Gasteiger partial charge in [0.1, 0.15) is 0 Å². The van der Waals surface area contributed by atoms with Gasteiger partial charge in [0.2, 0.25) is 0 Å². The van der Waals surface area contributed by atoms with Crippen LogP contribution in [0.2, 0.25) is 0 Å². The second kappa shape index (κ2) is 6.12. The van der Waals surface area contributed by atoms with Crippen molar-refractivity contribution in [1.82, 2.24) is 4.90 Å². The highest BCUT2D eigenvalue weighted by Crippen LogP contribution is 2.32. The van der Waals surface area contributed by atoms with Crippen LogP contribution in [0.4, 0.5) is 0 Å². The van der Waals surface area contributed by atoms with Gasteiger partial charge in [0, 0.05) is 11.6 Å². The summed E-state index contributed by atoms with van der Waals surface area (Å²) in [4.78, 5) is 2.46. The Morgan fingerprint density at radius 2 is 2.13 bits per heavy atom. The first-order valence-electron chi connectivity index (χ1n) is 6.05. The molecule has 2 N–H and O–H groups in total. The van der Waals surface area contributed by atoms with Crippen molar-refractivity contribution < 1.29 is 0 Å². The molecule has 90 valence electrons. The lowest BCUT2D eigenvalue weighted by molar-refractivity contribution is 0.174. The van der Waals surface area contributed by atoms with Gasteiger partial charge in [0.15, 0.2) is 0 Å². The number of nitrogens with two attached hydrogens (primary N) is 1. The molecule has 3 heteroatoms. The highest BCUT2D eigenvalue weighted by atomic mass is 32.2. The van der Waals surface area contributed by atoms with Crippen LogP contribution in [0.15, 0.2) is 0 Å². The average molecular weight is 230 g/mol. The van der Waals surface area contributed by atoms with Crippen LogP contribution in [-0.4, -0.2) is 42.1 Å². The van der Waals surface area contributed by atoms with E-state index in [2.05, 4.69) is 25.1 Å². The zero-order valence-electron chi connectivity index (χ0n) is 10.5. The lowest BCUT2D eigenvalue weighted by atomic mass is 9.75. The lowest BCUT2D eigenvalue weighted by Crippen LogP contribution is -2.49. The van der Waals surface area contributed by atoms with Crippen LogP contribution >= 0.6 is 11.8 Å². The SMILES string of the molecule is CSCCC(C)N(C)CCC1(N)CCC1. The Labute approximate surface area is 99.0 Å². The molecular weight excluding hydrogens is 204 g/mol. The van der Waals surface area contributed by atoms with E-state index in [1.807, 2.05) is 11.8 Å². The molecule has 0 spiro atoms. The minimum Gasteiger partial charge on any atom is -0.325 e. The Morgan fingerprint density at radius 3 is 2.60 bits per heavy atom. The monoisotopic (exact) mass is 230 g/mol. The number of thioether (sulfide) groups is 1. The zero-order chi connectivity index (χ0) is 11.3. The Morgan fingerprint density at radius 1 is 1.47 bits per heavy atom. The first-order chi connectivity index (χ1) is 7.07. The van der Waals surface area contributed by atoms with Crippen LogP contribution in [-0.2, 0) is 0 Å². The number of hydrogen-bond acceptors (Lipinski definition) is 3. The summed E-state index contributed by atoms with van der Waals surface area (Å²) in [7, 11) is 2.23. The zero-order valence-corrected chi connectivity index (χ0v) is 11.3. The van der Waals surface area contributed by atoms with Gasteiger partial charge < -0.3 is 10.6 Å². The molecule has 0 aromatic heterocycles. The predicted molar refractivity (Wildman–Crippen MR) is 70.5 cm³/mol. The van der Waals surface area contributed by atoms with Crippen LogP contribution < -0.4 is 5.73 Å². The van der Waals surface area contributed by atoms with Crippen molar-refractivity contribution in [2.24, 2.45) is 5.73 Å². The molecule has 1 aliphatic rings. The van der Waals surface area contributed by atoms with Crippen LogP contribution in [0.1, 0.15) is 39.0 Å². The third-order valence-corrected chi connectivity index (χ3v) is 4.45. The van der Waals surface area contributed by atoms with E-state index in [1.54, 1.807) is 0 Å². The topological polar surface area (TPSA) is 29.3 Å². The Hall–Kier alpha value is 0.270. The van der Waals surface area contributed by atoms with Crippen molar-refractivity contribution in [3.05, 3.63) is 0 Å². The smallest absolute Gasteiger partial charge is 0.0166 e. The molecule has 1 saturated carbocycles. The highest BCUT2D eigenvalue weighted by Gasteiger charge is 2.32. The van der Waals surface area contributed by atoms with Crippen LogP contribution in [0.25, 0.3) is 0 Å². The molecule has 0 bridgehead atoms. The lowest BCUT2D eigenvalue weighted by Gasteiger charge is -2.40. The molecule has 1 atom stereocenters. The Kier molecular flexibility index (Phi) is 5.44. The van der Waals surface area contributed by atoms with Gasteiger partial charge in [-0.15, -0.1) is 0 Å². The minimum absolute atomic E-state index is 0.188. The molecule has 0 aromatic rings. The van der Waals surface area contributed by atoms with E-state index in [4.69, 9.17) is 5.73 Å². The minimum atomic E-state index is 0.188. The molecular formula is C12H26N2S. The molecule has 1 unspecified atom stereocenters. The third kappa shape index (κ3) is 4.33. The van der Waals surface area contributed by atoms with Crippen molar-refractivity contribution in [3.8, 4) is 0 Å². The average Bonchev–Trinajstić information content (AvgIpc) is 2.19. The first-order valence-corrected chi connectivity index (χ1v) is 7.45. The van der Waals surface area contributed by atoms with Crippen LogP contribution in [0.3, 0.4) is 0 Å². The second-order valence-electron chi connectivity index (χ2n) is 5.08. The molecule has 1 fully saturated rings. The van der Waals surface area contributed by atoms with Gasteiger partial charge >= 0.3 is 0 Å². The molecule has 1 rings (SSSR count). The van der Waals surface area contributed by atoms with E-state index in [0.717, 1.165) is 6.54 Å². The summed E-state index contributed by atoms with van der Waals surface area (Å²) in [5.74, 6) is 1.26. The van der Waals surface area contributed by atoms with Crippen molar-refractivity contribution in [2.45, 2.75) is 50.6 Å². The second-order valence-corrected chi connectivity index (χ2v) is 6.06. The van der Waals surface area contributed by atoms with Crippen molar-refractivity contribution in [3.63, 3.8) is 0 Å². The summed E-state index contributed by atoms with van der Waals surface area (Å²) in [5, 5.41) is 0. The predicted octanol–water partition coefficient (Wildman–Crippen LogP) is 2.33. The normalized spacial score (nSPS) is 21.4. The fraction of sp³-hybridized carbons (Fsp3) is 1.00. The summed E-state index contributed by atoms with van der Waals surface area (Å²) in [6.45, 7) is 3.48. The van der Waals surface area contributed by atoms with Crippen molar-refractivity contribution in [1.29, 1.82) is 0 Å². The molecule has 0 saturated heterocycles.